The molecule has 0 aliphatic rings. The molecule has 4 aromatic rings. The monoisotopic (exact) mass is 572 g/mol. The molecule has 0 saturated carbocycles. The van der Waals surface area contributed by atoms with Crippen molar-refractivity contribution in [2.24, 2.45) is 0 Å². The van der Waals surface area contributed by atoms with Crippen molar-refractivity contribution in [1.29, 1.82) is 0 Å². The number of rotatable bonds is 9. The van der Waals surface area contributed by atoms with Crippen LogP contribution in [-0.4, -0.2) is 20.3 Å². The average molecular weight is 572 g/mol. The Labute approximate surface area is 239 Å². The van der Waals surface area contributed by atoms with Gasteiger partial charge >= 0.3 is 17.1 Å². The van der Waals surface area contributed by atoms with Crippen molar-refractivity contribution in [3.8, 4) is 0 Å². The maximum absolute atomic E-state index is 4.45. The van der Waals surface area contributed by atoms with Crippen LogP contribution in [-0.2, 0) is 28.4 Å². The van der Waals surface area contributed by atoms with Gasteiger partial charge in [-0.2, -0.15) is 35.9 Å². The van der Waals surface area contributed by atoms with Crippen LogP contribution in [0.2, 0.25) is 0 Å². The Hall–Kier alpha value is -1.62. The number of pyridine rings is 2. The Balaban J connectivity index is 0.000000716. The topological polar surface area (TPSA) is 25.8 Å². The molecule has 0 N–H and O–H groups in total. The van der Waals surface area contributed by atoms with Crippen molar-refractivity contribution >= 4 is 17.2 Å². The molecule has 1 unspecified atom stereocenters. The molecule has 5 heteroatoms. The zero-order valence-electron chi connectivity index (χ0n) is 23.1. The Kier molecular flexibility index (Phi) is 11.9. The summed E-state index contributed by atoms with van der Waals surface area (Å²) in [6, 6.07) is 25.3. The molecule has 0 spiro atoms. The van der Waals surface area contributed by atoms with Crippen molar-refractivity contribution in [3.63, 3.8) is 0 Å². The van der Waals surface area contributed by atoms with Crippen LogP contribution in [0.1, 0.15) is 76.6 Å². The van der Waals surface area contributed by atoms with Crippen LogP contribution >= 0.6 is 17.2 Å². The number of hydrogen-bond acceptors (Lipinski definition) is 2. The van der Waals surface area contributed by atoms with Gasteiger partial charge in [-0.05, 0) is 46.4 Å². The molecule has 0 aliphatic heterocycles. The van der Waals surface area contributed by atoms with E-state index < -0.39 is 0 Å². The van der Waals surface area contributed by atoms with Crippen molar-refractivity contribution in [1.82, 2.24) is 9.97 Å². The number of hydrogen-bond donors (Lipinski definition) is 0. The summed E-state index contributed by atoms with van der Waals surface area (Å²) in [4.78, 5) is 8.90. The van der Waals surface area contributed by atoms with E-state index in [4.69, 9.17) is 0 Å². The zero-order chi connectivity index (χ0) is 26.2. The number of nitrogens with zero attached hydrogens (tertiary/aromatic N) is 2. The van der Waals surface area contributed by atoms with Gasteiger partial charge in [0, 0.05) is 29.9 Å². The Morgan fingerprint density at radius 2 is 1.30 bits per heavy atom. The van der Waals surface area contributed by atoms with E-state index >= 15 is 0 Å². The van der Waals surface area contributed by atoms with Gasteiger partial charge in [0.2, 0.25) is 0 Å². The third-order valence-corrected chi connectivity index (χ3v) is 12.8. The molecule has 0 aliphatic carbocycles. The van der Waals surface area contributed by atoms with Crippen LogP contribution in [0.3, 0.4) is 0 Å². The molecular formula is C32H42FeN2P2. The van der Waals surface area contributed by atoms with Crippen LogP contribution in [0.15, 0.2) is 97.6 Å². The van der Waals surface area contributed by atoms with Crippen molar-refractivity contribution in [2.45, 2.75) is 76.0 Å². The van der Waals surface area contributed by atoms with Gasteiger partial charge in [0.05, 0.1) is 0 Å². The zero-order valence-corrected chi connectivity index (χ0v) is 26.3. The fourth-order valence-electron chi connectivity index (χ4n) is 4.77. The van der Waals surface area contributed by atoms with Crippen LogP contribution < -0.4 is 0 Å². The first-order chi connectivity index (χ1) is 17.2. The van der Waals surface area contributed by atoms with Gasteiger partial charge in [-0.1, -0.05) is 59.8 Å². The van der Waals surface area contributed by atoms with Crippen LogP contribution in [0.5, 0.6) is 0 Å². The van der Waals surface area contributed by atoms with Crippen LogP contribution in [0, 0.1) is 0 Å². The molecule has 37 heavy (non-hydrogen) atoms. The summed E-state index contributed by atoms with van der Waals surface area (Å²) in [5, 5.41) is 0.292. The van der Waals surface area contributed by atoms with E-state index in [0.717, 1.165) is 6.16 Å². The van der Waals surface area contributed by atoms with E-state index in [9.17, 15) is 0 Å². The minimum Gasteiger partial charge on any atom is -0.264 e. The third-order valence-electron chi connectivity index (χ3n) is 7.64. The minimum atomic E-state index is -0.366. The molecule has 1 atom stereocenters. The molecule has 198 valence electrons. The molecule has 0 bridgehead atoms. The minimum absolute atomic E-state index is 0. The average Bonchev–Trinajstić information content (AvgIpc) is 3.63. The van der Waals surface area contributed by atoms with Crippen molar-refractivity contribution < 1.29 is 17.1 Å². The molecule has 0 fully saturated rings. The fourth-order valence-corrected chi connectivity index (χ4v) is 9.27. The molecular weight excluding hydrogens is 530 g/mol. The summed E-state index contributed by atoms with van der Waals surface area (Å²) in [6.45, 7) is 14.6. The second-order valence-electron chi connectivity index (χ2n) is 10.6. The summed E-state index contributed by atoms with van der Waals surface area (Å²) in [5.74, 6) is 0. The largest absolute Gasteiger partial charge is 2.00 e. The second kappa shape index (κ2) is 14.0. The Bertz CT molecular complexity index is 1080. The predicted molar refractivity (Wildman–Crippen MR) is 161 cm³/mol. The van der Waals surface area contributed by atoms with Gasteiger partial charge in [0.15, 0.2) is 0 Å². The molecule has 0 amide bonds. The van der Waals surface area contributed by atoms with Gasteiger partial charge < -0.3 is 0 Å². The van der Waals surface area contributed by atoms with E-state index in [1.165, 1.54) is 35.1 Å². The van der Waals surface area contributed by atoms with Crippen LogP contribution in [0.4, 0.5) is 0 Å². The van der Waals surface area contributed by atoms with E-state index in [2.05, 4.69) is 91.1 Å². The van der Waals surface area contributed by atoms with Gasteiger partial charge in [0.25, 0.3) is 0 Å². The predicted octanol–water partition coefficient (Wildman–Crippen LogP) is 9.12. The summed E-state index contributed by atoms with van der Waals surface area (Å²) < 4.78 is 0. The van der Waals surface area contributed by atoms with Crippen LogP contribution in [0.25, 0.3) is 0 Å². The van der Waals surface area contributed by atoms with Gasteiger partial charge in [-0.3, -0.25) is 9.97 Å². The van der Waals surface area contributed by atoms with Gasteiger partial charge in [-0.15, -0.1) is 22.7 Å². The third kappa shape index (κ3) is 7.49. The SMILES string of the molecule is CCC(C)(C)P(Cc1cc[cH-]c1C(P)(c1cccnc1)c1cccnc1)C(C)(C)CC.[Fe+2].c1cc[cH-]c1. The second-order valence-corrected chi connectivity index (χ2v) is 15.1. The van der Waals surface area contributed by atoms with Gasteiger partial charge in [0.1, 0.15) is 0 Å². The Morgan fingerprint density at radius 1 is 0.784 bits per heavy atom. The summed E-state index contributed by atoms with van der Waals surface area (Å²) >= 11 is 0. The summed E-state index contributed by atoms with van der Waals surface area (Å²) in [6.07, 6.45) is 11.2. The van der Waals surface area contributed by atoms with Crippen molar-refractivity contribution in [2.75, 3.05) is 0 Å². The maximum Gasteiger partial charge on any atom is 2.00 e. The summed E-state index contributed by atoms with van der Waals surface area (Å²) in [7, 11) is 2.92. The van der Waals surface area contributed by atoms with E-state index in [-0.39, 0.29) is 30.1 Å². The quantitative estimate of drug-likeness (QED) is 0.114. The van der Waals surface area contributed by atoms with Crippen molar-refractivity contribution in [3.05, 3.63) is 120 Å². The first kappa shape index (κ1) is 31.6. The molecule has 2 heterocycles. The van der Waals surface area contributed by atoms with Gasteiger partial charge in [-0.25, -0.2) is 18.2 Å². The molecule has 0 saturated heterocycles. The molecule has 0 radical (unpaired) electrons. The molecule has 4 rings (SSSR count). The molecule has 2 nitrogen and oxygen atoms in total. The van der Waals surface area contributed by atoms with E-state index in [1.807, 2.05) is 67.3 Å². The van der Waals surface area contributed by atoms with E-state index in [1.54, 1.807) is 0 Å². The maximum atomic E-state index is 4.45. The first-order valence-electron chi connectivity index (χ1n) is 13.0. The normalized spacial score (nSPS) is 12.0. The first-order valence-corrected chi connectivity index (χ1v) is 15.1. The molecule has 2 aromatic heterocycles. The Morgan fingerprint density at radius 3 is 1.68 bits per heavy atom. The number of aromatic nitrogens is 2. The smallest absolute Gasteiger partial charge is 0.264 e. The standard InChI is InChI=1S/C27H37N2P2.C5H5.Fe/c1-7-25(3,4)31(26(5,6)8-2)20-21-12-9-15-24(21)27(30,22-13-10-16-28-18-22)23-14-11-17-29-19-23;1-2-4-5-3-1;/h9-19H,7-8,20,30H2,1-6H3;1-5H;/q2*-1;+2. The summed E-state index contributed by atoms with van der Waals surface area (Å²) in [5.41, 5.74) is 5.16. The fraction of sp³-hybridized carbons (Fsp3) is 0.375. The van der Waals surface area contributed by atoms with E-state index in [0.29, 0.717) is 10.3 Å². The molecule has 2 aromatic carbocycles.